The lowest BCUT2D eigenvalue weighted by atomic mass is 9.97. The first kappa shape index (κ1) is 15.3. The molecule has 0 bridgehead atoms. The molecule has 0 spiro atoms. The fourth-order valence-corrected chi connectivity index (χ4v) is 4.81. The van der Waals surface area contributed by atoms with Crippen molar-refractivity contribution >= 4 is 15.7 Å². The number of aryl methyl sites for hydroxylation is 2. The van der Waals surface area contributed by atoms with Crippen molar-refractivity contribution in [2.45, 2.75) is 44.9 Å². The number of rotatable bonds is 3. The Balaban J connectivity index is 2.43. The number of nitrogen functional groups attached to an aromatic ring is 1. The molecule has 1 heterocycles. The Morgan fingerprint density at radius 1 is 1.30 bits per heavy atom. The minimum absolute atomic E-state index is 0.300. The summed E-state index contributed by atoms with van der Waals surface area (Å²) in [6.45, 7) is 6.99. The van der Waals surface area contributed by atoms with Gasteiger partial charge in [0.1, 0.15) is 4.90 Å². The molecule has 2 N–H and O–H groups in total. The number of hydrogen-bond donors (Lipinski definition) is 1. The summed E-state index contributed by atoms with van der Waals surface area (Å²) in [7, 11) is -3.48. The third kappa shape index (κ3) is 2.69. The Morgan fingerprint density at radius 3 is 2.60 bits per heavy atom. The third-order valence-electron chi connectivity index (χ3n) is 4.27. The molecule has 0 aromatic heterocycles. The molecular formula is C15H24N2O2S. The van der Waals surface area contributed by atoms with E-state index in [2.05, 4.69) is 6.92 Å². The number of hydrogen-bond acceptors (Lipinski definition) is 3. The zero-order valence-corrected chi connectivity index (χ0v) is 13.3. The smallest absolute Gasteiger partial charge is 0.245 e. The van der Waals surface area contributed by atoms with E-state index < -0.39 is 10.0 Å². The topological polar surface area (TPSA) is 63.4 Å². The molecule has 1 aromatic carbocycles. The summed E-state index contributed by atoms with van der Waals surface area (Å²) in [4.78, 5) is 0.300. The van der Waals surface area contributed by atoms with Crippen LogP contribution in [0.1, 0.15) is 37.3 Å². The molecular weight excluding hydrogens is 272 g/mol. The van der Waals surface area contributed by atoms with E-state index in [1.807, 2.05) is 26.0 Å². The van der Waals surface area contributed by atoms with E-state index in [1.165, 1.54) is 0 Å². The van der Waals surface area contributed by atoms with E-state index in [1.54, 1.807) is 4.31 Å². The first-order valence-electron chi connectivity index (χ1n) is 7.23. The molecule has 5 heteroatoms. The highest BCUT2D eigenvalue weighted by Crippen LogP contribution is 2.31. The summed E-state index contributed by atoms with van der Waals surface area (Å²) in [6.07, 6.45) is 3.07. The summed E-state index contributed by atoms with van der Waals surface area (Å²) in [5, 5.41) is 0. The second kappa shape index (κ2) is 5.74. The predicted molar refractivity (Wildman–Crippen MR) is 82.1 cm³/mol. The van der Waals surface area contributed by atoms with E-state index in [0.29, 0.717) is 29.6 Å². The molecule has 1 saturated heterocycles. The van der Waals surface area contributed by atoms with Crippen LogP contribution in [0.3, 0.4) is 0 Å². The van der Waals surface area contributed by atoms with Crippen molar-refractivity contribution in [3.63, 3.8) is 0 Å². The molecule has 20 heavy (non-hydrogen) atoms. The third-order valence-corrected chi connectivity index (χ3v) is 6.34. The van der Waals surface area contributed by atoms with Gasteiger partial charge in [0.2, 0.25) is 10.0 Å². The fourth-order valence-electron chi connectivity index (χ4n) is 2.86. The number of benzene rings is 1. The van der Waals surface area contributed by atoms with Gasteiger partial charge in [-0.1, -0.05) is 25.5 Å². The Kier molecular flexibility index (Phi) is 4.39. The maximum atomic E-state index is 12.9. The van der Waals surface area contributed by atoms with Gasteiger partial charge in [0.25, 0.3) is 0 Å². The number of nitrogens with two attached hydrogens (primary N) is 1. The molecule has 1 aliphatic heterocycles. The van der Waals surface area contributed by atoms with E-state index in [0.717, 1.165) is 30.4 Å². The normalized spacial score (nSPS) is 21.1. The summed E-state index contributed by atoms with van der Waals surface area (Å²) >= 11 is 0. The van der Waals surface area contributed by atoms with Gasteiger partial charge in [0.15, 0.2) is 0 Å². The monoisotopic (exact) mass is 296 g/mol. The van der Waals surface area contributed by atoms with Crippen molar-refractivity contribution < 1.29 is 8.42 Å². The number of sulfonamides is 1. The van der Waals surface area contributed by atoms with Crippen molar-refractivity contribution in [2.24, 2.45) is 5.92 Å². The highest BCUT2D eigenvalue weighted by atomic mass is 32.2. The van der Waals surface area contributed by atoms with Crippen molar-refractivity contribution in [1.29, 1.82) is 0 Å². The average Bonchev–Trinajstić information content (AvgIpc) is 2.43. The first-order chi connectivity index (χ1) is 9.37. The van der Waals surface area contributed by atoms with Crippen molar-refractivity contribution in [3.8, 4) is 0 Å². The van der Waals surface area contributed by atoms with Crippen LogP contribution in [0.15, 0.2) is 17.0 Å². The lowest BCUT2D eigenvalue weighted by molar-refractivity contribution is 0.261. The Hall–Kier alpha value is -1.07. The predicted octanol–water partition coefficient (Wildman–Crippen LogP) is 2.70. The standard InChI is InChI=1S/C15H24N2O2S/c1-4-13-6-5-9-17(10-13)20(18,19)15-12(3)8-7-11(2)14(15)16/h7-8,13H,4-6,9-10,16H2,1-3H3. The maximum Gasteiger partial charge on any atom is 0.245 e. The molecule has 0 aliphatic carbocycles. The molecule has 1 aromatic rings. The van der Waals surface area contributed by atoms with Crippen LogP contribution in [-0.2, 0) is 10.0 Å². The van der Waals surface area contributed by atoms with Gasteiger partial charge in [0, 0.05) is 13.1 Å². The molecule has 2 rings (SSSR count). The molecule has 0 radical (unpaired) electrons. The Bertz CT molecular complexity index is 596. The number of nitrogens with zero attached hydrogens (tertiary/aromatic N) is 1. The summed E-state index contributed by atoms with van der Waals surface area (Å²) in [6, 6.07) is 3.70. The van der Waals surface area contributed by atoms with Gasteiger partial charge in [-0.25, -0.2) is 8.42 Å². The zero-order valence-electron chi connectivity index (χ0n) is 12.5. The first-order valence-corrected chi connectivity index (χ1v) is 8.67. The fraction of sp³-hybridized carbons (Fsp3) is 0.600. The van der Waals surface area contributed by atoms with E-state index >= 15 is 0 Å². The molecule has 0 amide bonds. The molecule has 4 nitrogen and oxygen atoms in total. The van der Waals surface area contributed by atoms with Gasteiger partial charge in [-0.15, -0.1) is 0 Å². The quantitative estimate of drug-likeness (QED) is 0.872. The van der Waals surface area contributed by atoms with Gasteiger partial charge < -0.3 is 5.73 Å². The van der Waals surface area contributed by atoms with Gasteiger partial charge in [-0.05, 0) is 43.7 Å². The molecule has 112 valence electrons. The van der Waals surface area contributed by atoms with E-state index in [9.17, 15) is 8.42 Å². The molecule has 1 fully saturated rings. The Morgan fingerprint density at radius 2 is 1.95 bits per heavy atom. The molecule has 1 aliphatic rings. The van der Waals surface area contributed by atoms with Crippen LogP contribution in [-0.4, -0.2) is 25.8 Å². The zero-order chi connectivity index (χ0) is 14.9. The summed E-state index contributed by atoms with van der Waals surface area (Å²) < 4.78 is 27.4. The Labute approximate surface area is 122 Å². The lowest BCUT2D eigenvalue weighted by Gasteiger charge is -2.32. The van der Waals surface area contributed by atoms with E-state index in [-0.39, 0.29) is 0 Å². The van der Waals surface area contributed by atoms with E-state index in [4.69, 9.17) is 5.73 Å². The number of piperidine rings is 1. The highest BCUT2D eigenvalue weighted by Gasteiger charge is 2.32. The van der Waals surface area contributed by atoms with Gasteiger partial charge >= 0.3 is 0 Å². The summed E-state index contributed by atoms with van der Waals surface area (Å²) in [5.41, 5.74) is 7.98. The van der Waals surface area contributed by atoms with Crippen molar-refractivity contribution in [3.05, 3.63) is 23.3 Å². The summed E-state index contributed by atoms with van der Waals surface area (Å²) in [5.74, 6) is 0.463. The minimum Gasteiger partial charge on any atom is -0.397 e. The lowest BCUT2D eigenvalue weighted by Crippen LogP contribution is -2.40. The maximum absolute atomic E-state index is 12.9. The van der Waals surface area contributed by atoms with Crippen LogP contribution < -0.4 is 5.73 Å². The highest BCUT2D eigenvalue weighted by molar-refractivity contribution is 7.89. The largest absolute Gasteiger partial charge is 0.397 e. The van der Waals surface area contributed by atoms with Crippen LogP contribution >= 0.6 is 0 Å². The van der Waals surface area contributed by atoms with Crippen LogP contribution in [0.25, 0.3) is 0 Å². The SMILES string of the molecule is CCC1CCCN(S(=O)(=O)c2c(C)ccc(C)c2N)C1. The van der Waals surface area contributed by atoms with Gasteiger partial charge in [-0.3, -0.25) is 0 Å². The minimum atomic E-state index is -3.48. The van der Waals surface area contributed by atoms with Crippen LogP contribution in [0, 0.1) is 19.8 Å². The second-order valence-corrected chi connectivity index (χ2v) is 7.60. The van der Waals surface area contributed by atoms with Crippen LogP contribution in [0.4, 0.5) is 5.69 Å². The average molecular weight is 296 g/mol. The molecule has 1 unspecified atom stereocenters. The van der Waals surface area contributed by atoms with Gasteiger partial charge in [0.05, 0.1) is 5.69 Å². The van der Waals surface area contributed by atoms with Crippen LogP contribution in [0.5, 0.6) is 0 Å². The molecule has 0 saturated carbocycles. The van der Waals surface area contributed by atoms with Gasteiger partial charge in [-0.2, -0.15) is 4.31 Å². The number of anilines is 1. The second-order valence-electron chi connectivity index (χ2n) is 5.72. The van der Waals surface area contributed by atoms with Crippen LogP contribution in [0.2, 0.25) is 0 Å². The molecule has 1 atom stereocenters. The van der Waals surface area contributed by atoms with Crippen molar-refractivity contribution in [1.82, 2.24) is 4.31 Å². The van der Waals surface area contributed by atoms with Crippen molar-refractivity contribution in [2.75, 3.05) is 18.8 Å².